The summed E-state index contributed by atoms with van der Waals surface area (Å²) in [6, 6.07) is 7.42. The van der Waals surface area contributed by atoms with Crippen LogP contribution in [0, 0.1) is 11.3 Å². The molecule has 6 heteroatoms. The zero-order valence-corrected chi connectivity index (χ0v) is 10.1. The highest BCUT2D eigenvalue weighted by Gasteiger charge is 2.30. The Morgan fingerprint density at radius 3 is 2.50 bits per heavy atom. The second-order valence-electron chi connectivity index (χ2n) is 3.89. The van der Waals surface area contributed by atoms with E-state index in [2.05, 4.69) is 9.97 Å². The SMILES string of the molecule is N#CC(=Cc1cccnc1)c1ccc(C(F)(F)F)cn1. The monoisotopic (exact) mass is 275 g/mol. The number of rotatable bonds is 2. The highest BCUT2D eigenvalue weighted by Crippen LogP contribution is 2.29. The molecule has 2 heterocycles. The van der Waals surface area contributed by atoms with Crippen LogP contribution >= 0.6 is 0 Å². The summed E-state index contributed by atoms with van der Waals surface area (Å²) in [4.78, 5) is 7.57. The Kier molecular flexibility index (Phi) is 3.80. The van der Waals surface area contributed by atoms with Gasteiger partial charge >= 0.3 is 6.18 Å². The molecule has 2 aromatic heterocycles. The molecule has 0 unspecified atom stereocenters. The molecule has 0 saturated carbocycles. The average molecular weight is 275 g/mol. The van der Waals surface area contributed by atoms with Crippen LogP contribution in [0.2, 0.25) is 0 Å². The summed E-state index contributed by atoms with van der Waals surface area (Å²) in [6.45, 7) is 0. The van der Waals surface area contributed by atoms with Crippen molar-refractivity contribution in [2.24, 2.45) is 0 Å². The quantitative estimate of drug-likeness (QED) is 0.787. The van der Waals surface area contributed by atoms with E-state index >= 15 is 0 Å². The van der Waals surface area contributed by atoms with E-state index in [1.165, 1.54) is 12.1 Å². The Bertz CT molecular complexity index is 653. The topological polar surface area (TPSA) is 49.6 Å². The maximum Gasteiger partial charge on any atom is 0.417 e. The fraction of sp³-hybridized carbons (Fsp3) is 0.0714. The predicted molar refractivity (Wildman–Crippen MR) is 67.0 cm³/mol. The molecular formula is C14H8F3N3. The van der Waals surface area contributed by atoms with Crippen molar-refractivity contribution >= 4 is 11.6 Å². The van der Waals surface area contributed by atoms with Crippen molar-refractivity contribution in [3.63, 3.8) is 0 Å². The molecule has 0 spiro atoms. The van der Waals surface area contributed by atoms with Gasteiger partial charge in [-0.15, -0.1) is 0 Å². The van der Waals surface area contributed by atoms with Crippen LogP contribution < -0.4 is 0 Å². The third-order valence-electron chi connectivity index (χ3n) is 2.48. The van der Waals surface area contributed by atoms with E-state index in [-0.39, 0.29) is 11.3 Å². The Morgan fingerprint density at radius 2 is 2.00 bits per heavy atom. The molecular weight excluding hydrogens is 267 g/mol. The van der Waals surface area contributed by atoms with Gasteiger partial charge in [-0.2, -0.15) is 18.4 Å². The fourth-order valence-electron chi connectivity index (χ4n) is 1.51. The minimum absolute atomic E-state index is 0.173. The molecule has 0 fully saturated rings. The Labute approximate surface area is 113 Å². The van der Waals surface area contributed by atoms with Gasteiger partial charge in [0.15, 0.2) is 0 Å². The average Bonchev–Trinajstić information content (AvgIpc) is 2.45. The number of nitrogens with zero attached hydrogens (tertiary/aromatic N) is 3. The third kappa shape index (κ3) is 3.20. The normalized spacial score (nSPS) is 12.0. The van der Waals surface area contributed by atoms with E-state index in [9.17, 15) is 13.2 Å². The van der Waals surface area contributed by atoms with E-state index < -0.39 is 11.7 Å². The molecule has 0 amide bonds. The minimum atomic E-state index is -4.44. The number of aromatic nitrogens is 2. The zero-order valence-electron chi connectivity index (χ0n) is 10.1. The minimum Gasteiger partial charge on any atom is -0.264 e. The van der Waals surface area contributed by atoms with Crippen LogP contribution in [-0.2, 0) is 6.18 Å². The van der Waals surface area contributed by atoms with Crippen molar-refractivity contribution < 1.29 is 13.2 Å². The van der Waals surface area contributed by atoms with Crippen molar-refractivity contribution in [2.75, 3.05) is 0 Å². The van der Waals surface area contributed by atoms with Crippen molar-refractivity contribution in [3.05, 3.63) is 59.7 Å². The van der Waals surface area contributed by atoms with Crippen LogP contribution in [0.5, 0.6) is 0 Å². The van der Waals surface area contributed by atoms with Gasteiger partial charge in [0.1, 0.15) is 6.07 Å². The second-order valence-corrected chi connectivity index (χ2v) is 3.89. The molecule has 0 aliphatic carbocycles. The fourth-order valence-corrected chi connectivity index (χ4v) is 1.51. The van der Waals surface area contributed by atoms with Gasteiger partial charge in [0.25, 0.3) is 0 Å². The van der Waals surface area contributed by atoms with E-state index in [0.717, 1.165) is 6.07 Å². The van der Waals surface area contributed by atoms with Crippen LogP contribution in [0.1, 0.15) is 16.8 Å². The molecule has 0 N–H and O–H groups in total. The predicted octanol–water partition coefficient (Wildman–Crippen LogP) is 3.56. The summed E-state index contributed by atoms with van der Waals surface area (Å²) in [7, 11) is 0. The van der Waals surface area contributed by atoms with Gasteiger partial charge in [-0.25, -0.2) is 0 Å². The highest BCUT2D eigenvalue weighted by atomic mass is 19.4. The van der Waals surface area contributed by atoms with Gasteiger partial charge in [0.05, 0.1) is 16.8 Å². The molecule has 0 aliphatic rings. The van der Waals surface area contributed by atoms with Crippen molar-refractivity contribution in [1.29, 1.82) is 5.26 Å². The molecule has 0 saturated heterocycles. The zero-order chi connectivity index (χ0) is 14.6. The van der Waals surface area contributed by atoms with Crippen molar-refractivity contribution in [3.8, 4) is 6.07 Å². The number of halogens is 3. The van der Waals surface area contributed by atoms with E-state index in [4.69, 9.17) is 5.26 Å². The van der Waals surface area contributed by atoms with Gasteiger partial charge in [-0.3, -0.25) is 9.97 Å². The number of alkyl halides is 3. The maximum absolute atomic E-state index is 12.4. The van der Waals surface area contributed by atoms with Crippen LogP contribution in [0.25, 0.3) is 11.6 Å². The third-order valence-corrected chi connectivity index (χ3v) is 2.48. The van der Waals surface area contributed by atoms with Crippen LogP contribution in [0.4, 0.5) is 13.2 Å². The molecule has 0 aromatic carbocycles. The number of allylic oxidation sites excluding steroid dienone is 1. The molecule has 2 rings (SSSR count). The molecule has 20 heavy (non-hydrogen) atoms. The first-order valence-corrected chi connectivity index (χ1v) is 5.56. The number of pyridine rings is 2. The van der Waals surface area contributed by atoms with Gasteiger partial charge in [0.2, 0.25) is 0 Å². The van der Waals surface area contributed by atoms with Gasteiger partial charge in [-0.1, -0.05) is 6.07 Å². The summed E-state index contributed by atoms with van der Waals surface area (Å²) >= 11 is 0. The second kappa shape index (κ2) is 5.53. The summed E-state index contributed by atoms with van der Waals surface area (Å²) in [5, 5.41) is 9.07. The van der Waals surface area contributed by atoms with E-state index in [1.54, 1.807) is 24.5 Å². The molecule has 0 bridgehead atoms. The lowest BCUT2D eigenvalue weighted by Crippen LogP contribution is -2.05. The molecule has 0 aliphatic heterocycles. The van der Waals surface area contributed by atoms with Crippen LogP contribution in [0.15, 0.2) is 42.9 Å². The molecule has 0 atom stereocenters. The smallest absolute Gasteiger partial charge is 0.264 e. The Morgan fingerprint density at radius 1 is 1.20 bits per heavy atom. The maximum atomic E-state index is 12.4. The Hall–Kier alpha value is -2.68. The number of hydrogen-bond acceptors (Lipinski definition) is 3. The van der Waals surface area contributed by atoms with E-state index in [0.29, 0.717) is 11.8 Å². The molecule has 0 radical (unpaired) electrons. The van der Waals surface area contributed by atoms with Crippen LogP contribution in [0.3, 0.4) is 0 Å². The lowest BCUT2D eigenvalue weighted by molar-refractivity contribution is -0.137. The Balaban J connectivity index is 2.34. The van der Waals surface area contributed by atoms with Gasteiger partial charge in [-0.05, 0) is 29.8 Å². The summed E-state index contributed by atoms with van der Waals surface area (Å²) in [6.07, 6.45) is 0.916. The largest absolute Gasteiger partial charge is 0.417 e. The summed E-state index contributed by atoms with van der Waals surface area (Å²) in [5.41, 5.74) is 0.182. The van der Waals surface area contributed by atoms with E-state index in [1.807, 2.05) is 6.07 Å². The van der Waals surface area contributed by atoms with Crippen LogP contribution in [-0.4, -0.2) is 9.97 Å². The molecule has 3 nitrogen and oxygen atoms in total. The molecule has 100 valence electrons. The summed E-state index contributed by atoms with van der Waals surface area (Å²) in [5.74, 6) is 0. The van der Waals surface area contributed by atoms with Gasteiger partial charge in [0, 0.05) is 18.6 Å². The van der Waals surface area contributed by atoms with Crippen molar-refractivity contribution in [1.82, 2.24) is 9.97 Å². The number of nitriles is 1. The van der Waals surface area contributed by atoms with Crippen molar-refractivity contribution in [2.45, 2.75) is 6.18 Å². The summed E-state index contributed by atoms with van der Waals surface area (Å²) < 4.78 is 37.3. The highest BCUT2D eigenvalue weighted by molar-refractivity contribution is 5.88. The first-order valence-electron chi connectivity index (χ1n) is 5.56. The number of hydrogen-bond donors (Lipinski definition) is 0. The standard InChI is InChI=1S/C14H8F3N3/c15-14(16,17)12-3-4-13(20-9-12)11(7-18)6-10-2-1-5-19-8-10/h1-6,8-9H. The first-order chi connectivity index (χ1) is 9.50. The molecule has 2 aromatic rings. The first kappa shape index (κ1) is 13.7. The lowest BCUT2D eigenvalue weighted by atomic mass is 10.1. The van der Waals surface area contributed by atoms with Gasteiger partial charge < -0.3 is 0 Å². The lowest BCUT2D eigenvalue weighted by Gasteiger charge is -2.06.